The van der Waals surface area contributed by atoms with E-state index in [4.69, 9.17) is 9.47 Å². The van der Waals surface area contributed by atoms with Crippen LogP contribution < -0.4 is 10.1 Å². The van der Waals surface area contributed by atoms with E-state index in [9.17, 15) is 9.59 Å². The lowest BCUT2D eigenvalue weighted by molar-refractivity contribution is -0.116. The zero-order chi connectivity index (χ0) is 20.7. The van der Waals surface area contributed by atoms with Crippen molar-refractivity contribution >= 4 is 33.5 Å². The van der Waals surface area contributed by atoms with Gasteiger partial charge >= 0.3 is 5.97 Å². The van der Waals surface area contributed by atoms with Crippen LogP contribution in [-0.4, -0.2) is 25.6 Å². The van der Waals surface area contributed by atoms with Crippen LogP contribution in [0.25, 0.3) is 0 Å². The molecule has 2 aromatic carbocycles. The second-order valence-corrected chi connectivity index (χ2v) is 8.29. The second-order valence-electron chi connectivity index (χ2n) is 7.43. The predicted octanol–water partition coefficient (Wildman–Crippen LogP) is 5.33. The second kappa shape index (κ2) is 9.73. The maximum atomic E-state index is 12.2. The van der Waals surface area contributed by atoms with Crippen molar-refractivity contribution in [2.75, 3.05) is 19.0 Å². The molecular weight excluding hydrogens is 422 g/mol. The number of anilines is 1. The Labute approximate surface area is 174 Å². The van der Waals surface area contributed by atoms with Crippen molar-refractivity contribution in [3.05, 3.63) is 58.1 Å². The van der Waals surface area contributed by atoms with Gasteiger partial charge in [0.25, 0.3) is 0 Å². The Morgan fingerprint density at radius 1 is 1.11 bits per heavy atom. The van der Waals surface area contributed by atoms with Crippen molar-refractivity contribution < 1.29 is 19.1 Å². The normalized spacial score (nSPS) is 11.0. The first-order chi connectivity index (χ1) is 13.2. The SMILES string of the molecule is COC(=O)c1ccccc1NC(=O)CCCOc1ccc(C(C)(C)C)cc1Br. The Morgan fingerprint density at radius 2 is 1.82 bits per heavy atom. The average Bonchev–Trinajstić information content (AvgIpc) is 2.65. The number of ether oxygens (including phenoxy) is 2. The Hall–Kier alpha value is -2.34. The van der Waals surface area contributed by atoms with Gasteiger partial charge in [0.15, 0.2) is 0 Å². The summed E-state index contributed by atoms with van der Waals surface area (Å²) < 4.78 is 11.4. The van der Waals surface area contributed by atoms with Gasteiger partial charge in [-0.05, 0) is 57.6 Å². The summed E-state index contributed by atoms with van der Waals surface area (Å²) in [5, 5.41) is 2.76. The number of halogens is 1. The number of carbonyl (C=O) groups excluding carboxylic acids is 2. The van der Waals surface area contributed by atoms with Crippen molar-refractivity contribution in [1.29, 1.82) is 0 Å². The molecule has 6 heteroatoms. The molecule has 150 valence electrons. The molecule has 0 spiro atoms. The van der Waals surface area contributed by atoms with Crippen molar-refractivity contribution in [3.63, 3.8) is 0 Å². The monoisotopic (exact) mass is 447 g/mol. The number of benzene rings is 2. The first kappa shape index (κ1) is 22.0. The van der Waals surface area contributed by atoms with Gasteiger partial charge in [0, 0.05) is 6.42 Å². The third-order valence-corrected chi connectivity index (χ3v) is 4.83. The molecule has 1 amide bonds. The summed E-state index contributed by atoms with van der Waals surface area (Å²) in [4.78, 5) is 23.9. The van der Waals surface area contributed by atoms with Crippen molar-refractivity contribution in [3.8, 4) is 5.75 Å². The molecule has 0 fully saturated rings. The van der Waals surface area contributed by atoms with E-state index in [0.717, 1.165) is 10.2 Å². The quantitative estimate of drug-likeness (QED) is 0.459. The molecular formula is C22H26BrNO4. The van der Waals surface area contributed by atoms with E-state index in [1.165, 1.54) is 12.7 Å². The number of amides is 1. The summed E-state index contributed by atoms with van der Waals surface area (Å²) in [6, 6.07) is 12.8. The summed E-state index contributed by atoms with van der Waals surface area (Å²) in [6.45, 7) is 6.89. The van der Waals surface area contributed by atoms with Crippen LogP contribution in [0, 0.1) is 0 Å². The zero-order valence-electron chi connectivity index (χ0n) is 16.7. The van der Waals surface area contributed by atoms with Crippen LogP contribution in [0.3, 0.4) is 0 Å². The van der Waals surface area contributed by atoms with Crippen LogP contribution in [0.5, 0.6) is 5.75 Å². The molecule has 0 radical (unpaired) electrons. The van der Waals surface area contributed by atoms with E-state index >= 15 is 0 Å². The molecule has 2 rings (SSSR count). The number of esters is 1. The maximum Gasteiger partial charge on any atom is 0.339 e. The van der Waals surface area contributed by atoms with E-state index in [0.29, 0.717) is 24.3 Å². The highest BCUT2D eigenvalue weighted by Gasteiger charge is 2.16. The Bertz CT molecular complexity index is 843. The molecule has 0 bridgehead atoms. The number of nitrogens with one attached hydrogen (secondary N) is 1. The number of carbonyl (C=O) groups is 2. The van der Waals surface area contributed by atoms with E-state index in [1.54, 1.807) is 24.3 Å². The molecule has 0 saturated carbocycles. The highest BCUT2D eigenvalue weighted by atomic mass is 79.9. The predicted molar refractivity (Wildman–Crippen MR) is 114 cm³/mol. The minimum atomic E-state index is -0.484. The summed E-state index contributed by atoms with van der Waals surface area (Å²) in [5.74, 6) is 0.0920. The van der Waals surface area contributed by atoms with E-state index < -0.39 is 5.97 Å². The Kier molecular flexibility index (Phi) is 7.63. The lowest BCUT2D eigenvalue weighted by atomic mass is 9.87. The van der Waals surface area contributed by atoms with Crippen LogP contribution in [0.15, 0.2) is 46.9 Å². The third-order valence-electron chi connectivity index (χ3n) is 4.21. The molecule has 0 heterocycles. The molecule has 0 saturated heterocycles. The van der Waals surface area contributed by atoms with Crippen molar-refractivity contribution in [2.45, 2.75) is 39.0 Å². The van der Waals surface area contributed by atoms with E-state index in [1.807, 2.05) is 6.07 Å². The average molecular weight is 448 g/mol. The number of para-hydroxylation sites is 1. The van der Waals surface area contributed by atoms with Gasteiger partial charge < -0.3 is 14.8 Å². The van der Waals surface area contributed by atoms with Gasteiger partial charge in [-0.15, -0.1) is 0 Å². The van der Waals surface area contributed by atoms with Gasteiger partial charge in [0.2, 0.25) is 5.91 Å². The molecule has 0 aliphatic carbocycles. The van der Waals surface area contributed by atoms with Gasteiger partial charge in [0.1, 0.15) is 5.75 Å². The maximum absolute atomic E-state index is 12.2. The molecule has 0 atom stereocenters. The van der Waals surface area contributed by atoms with Crippen LogP contribution >= 0.6 is 15.9 Å². The van der Waals surface area contributed by atoms with Crippen LogP contribution in [0.2, 0.25) is 0 Å². The minimum absolute atomic E-state index is 0.0691. The van der Waals surface area contributed by atoms with Crippen LogP contribution in [-0.2, 0) is 14.9 Å². The van der Waals surface area contributed by atoms with Gasteiger partial charge in [-0.1, -0.05) is 39.0 Å². The standard InChI is InChI=1S/C22H26BrNO4/c1-22(2,3)15-11-12-19(17(23)14-15)28-13-7-10-20(25)24-18-9-6-5-8-16(18)21(26)27-4/h5-6,8-9,11-12,14H,7,10,13H2,1-4H3,(H,24,25). The zero-order valence-corrected chi connectivity index (χ0v) is 18.3. The van der Waals surface area contributed by atoms with Gasteiger partial charge in [-0.3, -0.25) is 4.79 Å². The van der Waals surface area contributed by atoms with Gasteiger partial charge in [0.05, 0.1) is 29.4 Å². The fraction of sp³-hybridized carbons (Fsp3) is 0.364. The summed E-state index contributed by atoms with van der Waals surface area (Å²) in [6.07, 6.45) is 0.840. The third kappa shape index (κ3) is 6.09. The highest BCUT2D eigenvalue weighted by Crippen LogP contribution is 2.31. The lowest BCUT2D eigenvalue weighted by Gasteiger charge is -2.20. The van der Waals surface area contributed by atoms with E-state index in [2.05, 4.69) is 54.2 Å². The highest BCUT2D eigenvalue weighted by molar-refractivity contribution is 9.10. The molecule has 5 nitrogen and oxygen atoms in total. The molecule has 2 aromatic rings. The molecule has 1 N–H and O–H groups in total. The smallest absolute Gasteiger partial charge is 0.339 e. The van der Waals surface area contributed by atoms with Gasteiger partial charge in [-0.2, -0.15) is 0 Å². The first-order valence-electron chi connectivity index (χ1n) is 9.12. The molecule has 0 unspecified atom stereocenters. The topological polar surface area (TPSA) is 64.6 Å². The largest absolute Gasteiger partial charge is 0.492 e. The lowest BCUT2D eigenvalue weighted by Crippen LogP contribution is -2.16. The number of methoxy groups -OCH3 is 1. The Morgan fingerprint density at radius 3 is 2.46 bits per heavy atom. The number of hydrogen-bond donors (Lipinski definition) is 1. The molecule has 0 aliphatic heterocycles. The van der Waals surface area contributed by atoms with Crippen LogP contribution in [0.1, 0.15) is 49.5 Å². The van der Waals surface area contributed by atoms with Crippen molar-refractivity contribution in [2.24, 2.45) is 0 Å². The summed E-state index contributed by atoms with van der Waals surface area (Å²) in [5.41, 5.74) is 2.06. The fourth-order valence-corrected chi connectivity index (χ4v) is 3.09. The van der Waals surface area contributed by atoms with Gasteiger partial charge in [-0.25, -0.2) is 4.79 Å². The fourth-order valence-electron chi connectivity index (χ4n) is 2.59. The summed E-state index contributed by atoms with van der Waals surface area (Å²) >= 11 is 3.55. The molecule has 28 heavy (non-hydrogen) atoms. The molecule has 0 aliphatic rings. The van der Waals surface area contributed by atoms with Crippen LogP contribution in [0.4, 0.5) is 5.69 Å². The minimum Gasteiger partial charge on any atom is -0.492 e. The number of hydrogen-bond acceptors (Lipinski definition) is 4. The summed E-state index contributed by atoms with van der Waals surface area (Å²) in [7, 11) is 1.31. The van der Waals surface area contributed by atoms with E-state index in [-0.39, 0.29) is 17.7 Å². The molecule has 0 aromatic heterocycles. The number of rotatable bonds is 7. The Balaban J connectivity index is 1.85. The van der Waals surface area contributed by atoms with Crippen molar-refractivity contribution in [1.82, 2.24) is 0 Å². The first-order valence-corrected chi connectivity index (χ1v) is 9.91.